The highest BCUT2D eigenvalue weighted by Crippen LogP contribution is 2.37. The van der Waals surface area contributed by atoms with Gasteiger partial charge in [-0.05, 0) is 42.8 Å². The Hall–Kier alpha value is -4.48. The van der Waals surface area contributed by atoms with Crippen molar-refractivity contribution < 1.29 is 27.4 Å². The van der Waals surface area contributed by atoms with Crippen LogP contribution < -0.4 is 25.2 Å². The normalized spacial score (nSPS) is 15.5. The minimum absolute atomic E-state index is 0.104. The second-order valence-electron chi connectivity index (χ2n) is 9.26. The molecule has 9 nitrogen and oxygen atoms in total. The fourth-order valence-corrected chi connectivity index (χ4v) is 4.90. The first-order chi connectivity index (χ1) is 18.6. The standard InChI is InChI=1S/C27H26F3N5O4/c1-15(36)32-17-7-9-34(14-17)18-4-5-22(27(28,29)30)23(12-18)35-26(37)25-21(6-8-31-25)24(33-35)16-10-19(38-2)13-20(11-16)39-3/h4-6,8,10-13,17,31H,7,9,14H2,1-3H3,(H,32,36)/t17-/m1/s1. The number of hydrogen-bond acceptors (Lipinski definition) is 6. The van der Waals surface area contributed by atoms with E-state index in [1.807, 2.05) is 4.90 Å². The predicted octanol–water partition coefficient (Wildman–Crippen LogP) is 4.13. The Balaban J connectivity index is 1.70. The molecule has 1 saturated heterocycles. The van der Waals surface area contributed by atoms with Gasteiger partial charge >= 0.3 is 6.18 Å². The molecule has 5 rings (SSSR count). The summed E-state index contributed by atoms with van der Waals surface area (Å²) in [6.07, 6.45) is -2.57. The molecule has 2 aromatic carbocycles. The Morgan fingerprint density at radius 2 is 1.82 bits per heavy atom. The van der Waals surface area contributed by atoms with Gasteiger partial charge in [-0.25, -0.2) is 0 Å². The van der Waals surface area contributed by atoms with E-state index in [0.29, 0.717) is 47.6 Å². The molecule has 1 amide bonds. The maximum absolute atomic E-state index is 14.2. The monoisotopic (exact) mass is 541 g/mol. The van der Waals surface area contributed by atoms with E-state index in [4.69, 9.17) is 9.47 Å². The summed E-state index contributed by atoms with van der Waals surface area (Å²) in [4.78, 5) is 29.7. The van der Waals surface area contributed by atoms with Gasteiger partial charge in [0.1, 0.15) is 22.7 Å². The van der Waals surface area contributed by atoms with E-state index in [2.05, 4.69) is 15.4 Å². The highest BCUT2D eigenvalue weighted by Gasteiger charge is 2.36. The molecule has 1 atom stereocenters. The number of ether oxygens (including phenoxy) is 2. The SMILES string of the molecule is COc1cc(OC)cc(-c2nn(-c3cc(N4CC[C@@H](NC(C)=O)C4)ccc3C(F)(F)F)c(=O)c3[nH]ccc23)c1. The Labute approximate surface area is 221 Å². The number of methoxy groups -OCH3 is 2. The zero-order valence-electron chi connectivity index (χ0n) is 21.4. The van der Waals surface area contributed by atoms with Gasteiger partial charge < -0.3 is 24.7 Å². The number of hydrogen-bond donors (Lipinski definition) is 2. The van der Waals surface area contributed by atoms with Crippen LogP contribution in [0.4, 0.5) is 18.9 Å². The number of fused-ring (bicyclic) bond motifs is 1. The van der Waals surface area contributed by atoms with Gasteiger partial charge in [0.2, 0.25) is 5.91 Å². The number of nitrogens with zero attached hydrogens (tertiary/aromatic N) is 3. The van der Waals surface area contributed by atoms with Crippen LogP contribution in [0.5, 0.6) is 11.5 Å². The Kier molecular flexibility index (Phi) is 6.71. The van der Waals surface area contributed by atoms with E-state index in [0.717, 1.165) is 10.7 Å². The number of nitrogens with one attached hydrogen (secondary N) is 2. The van der Waals surface area contributed by atoms with Crippen LogP contribution in [0.2, 0.25) is 0 Å². The lowest BCUT2D eigenvalue weighted by molar-refractivity contribution is -0.137. The van der Waals surface area contributed by atoms with Crippen molar-refractivity contribution in [3.8, 4) is 28.4 Å². The molecule has 12 heteroatoms. The second-order valence-corrected chi connectivity index (χ2v) is 9.26. The lowest BCUT2D eigenvalue weighted by Gasteiger charge is -2.22. The summed E-state index contributed by atoms with van der Waals surface area (Å²) in [5.74, 6) is 0.730. The number of aromatic amines is 1. The van der Waals surface area contributed by atoms with Crippen LogP contribution >= 0.6 is 0 Å². The van der Waals surface area contributed by atoms with E-state index in [1.165, 1.54) is 39.5 Å². The predicted molar refractivity (Wildman–Crippen MR) is 140 cm³/mol. The van der Waals surface area contributed by atoms with Crippen molar-refractivity contribution in [2.24, 2.45) is 0 Å². The summed E-state index contributed by atoms with van der Waals surface area (Å²) in [6, 6.07) is 10.1. The highest BCUT2D eigenvalue weighted by molar-refractivity contribution is 5.92. The summed E-state index contributed by atoms with van der Waals surface area (Å²) < 4.78 is 54.1. The summed E-state index contributed by atoms with van der Waals surface area (Å²) in [5, 5.41) is 7.74. The van der Waals surface area contributed by atoms with Crippen molar-refractivity contribution in [3.63, 3.8) is 0 Å². The highest BCUT2D eigenvalue weighted by atomic mass is 19.4. The molecule has 2 N–H and O–H groups in total. The molecule has 204 valence electrons. The molecule has 0 radical (unpaired) electrons. The van der Waals surface area contributed by atoms with Crippen molar-refractivity contribution in [2.75, 3.05) is 32.2 Å². The average molecular weight is 542 g/mol. The molecule has 0 aliphatic carbocycles. The number of rotatable bonds is 6. The van der Waals surface area contributed by atoms with Crippen LogP contribution in [-0.4, -0.2) is 54.0 Å². The largest absolute Gasteiger partial charge is 0.497 e. The Morgan fingerprint density at radius 1 is 1.10 bits per heavy atom. The van der Waals surface area contributed by atoms with Crippen molar-refractivity contribution in [2.45, 2.75) is 25.6 Å². The van der Waals surface area contributed by atoms with E-state index in [9.17, 15) is 22.8 Å². The fourth-order valence-electron chi connectivity index (χ4n) is 4.90. The minimum atomic E-state index is -4.75. The van der Waals surface area contributed by atoms with Gasteiger partial charge in [0, 0.05) is 55.0 Å². The molecule has 4 aromatic rings. The zero-order chi connectivity index (χ0) is 27.9. The number of anilines is 1. The maximum atomic E-state index is 14.2. The maximum Gasteiger partial charge on any atom is 0.418 e. The third kappa shape index (κ3) is 5.01. The van der Waals surface area contributed by atoms with Gasteiger partial charge in [-0.15, -0.1) is 0 Å². The fraction of sp³-hybridized carbons (Fsp3) is 0.296. The van der Waals surface area contributed by atoms with Gasteiger partial charge in [0.15, 0.2) is 0 Å². The number of carbonyl (C=O) groups is 1. The van der Waals surface area contributed by atoms with E-state index in [1.54, 1.807) is 24.3 Å². The average Bonchev–Trinajstić information content (AvgIpc) is 3.58. The molecule has 2 aromatic heterocycles. The van der Waals surface area contributed by atoms with E-state index >= 15 is 0 Å². The number of alkyl halides is 3. The summed E-state index contributed by atoms with van der Waals surface area (Å²) >= 11 is 0. The molecular weight excluding hydrogens is 515 g/mol. The number of halogens is 3. The van der Waals surface area contributed by atoms with Crippen molar-refractivity contribution in [1.29, 1.82) is 0 Å². The molecule has 3 heterocycles. The molecule has 1 aliphatic rings. The zero-order valence-corrected chi connectivity index (χ0v) is 21.4. The molecule has 39 heavy (non-hydrogen) atoms. The first-order valence-corrected chi connectivity index (χ1v) is 12.2. The molecule has 0 spiro atoms. The van der Waals surface area contributed by atoms with Crippen LogP contribution in [0.3, 0.4) is 0 Å². The van der Waals surface area contributed by atoms with Crippen LogP contribution in [-0.2, 0) is 11.0 Å². The first kappa shape index (κ1) is 26.1. The van der Waals surface area contributed by atoms with Crippen molar-refractivity contribution >= 4 is 22.5 Å². The van der Waals surface area contributed by atoms with Crippen LogP contribution in [0.15, 0.2) is 53.5 Å². The number of carbonyl (C=O) groups excluding carboxylic acids is 1. The van der Waals surface area contributed by atoms with Gasteiger partial charge in [-0.1, -0.05) is 0 Å². The first-order valence-electron chi connectivity index (χ1n) is 12.2. The molecule has 0 unspecified atom stereocenters. The topological polar surface area (TPSA) is 101 Å². The summed E-state index contributed by atoms with van der Waals surface area (Å²) in [7, 11) is 2.96. The van der Waals surface area contributed by atoms with Gasteiger partial charge in [-0.3, -0.25) is 9.59 Å². The van der Waals surface area contributed by atoms with Gasteiger partial charge in [0.25, 0.3) is 5.56 Å². The number of benzene rings is 2. The lowest BCUT2D eigenvalue weighted by atomic mass is 10.1. The number of aromatic nitrogens is 3. The number of H-pyrrole nitrogens is 1. The molecule has 1 aliphatic heterocycles. The van der Waals surface area contributed by atoms with Gasteiger partial charge in [0.05, 0.1) is 25.5 Å². The summed E-state index contributed by atoms with van der Waals surface area (Å²) in [5.41, 5.74) is -0.781. The molecule has 1 fully saturated rings. The Bertz CT molecular complexity index is 1590. The minimum Gasteiger partial charge on any atom is -0.497 e. The van der Waals surface area contributed by atoms with Gasteiger partial charge in [-0.2, -0.15) is 23.0 Å². The van der Waals surface area contributed by atoms with Crippen molar-refractivity contribution in [1.82, 2.24) is 20.1 Å². The molecule has 0 saturated carbocycles. The lowest BCUT2D eigenvalue weighted by Crippen LogP contribution is -2.35. The van der Waals surface area contributed by atoms with Crippen LogP contribution in [0, 0.1) is 0 Å². The smallest absolute Gasteiger partial charge is 0.418 e. The number of amides is 1. The third-order valence-corrected chi connectivity index (χ3v) is 6.71. The molecule has 0 bridgehead atoms. The van der Waals surface area contributed by atoms with E-state index in [-0.39, 0.29) is 23.2 Å². The quantitative estimate of drug-likeness (QED) is 0.381. The van der Waals surface area contributed by atoms with Crippen LogP contribution in [0.25, 0.3) is 27.8 Å². The van der Waals surface area contributed by atoms with E-state index < -0.39 is 23.0 Å². The second kappa shape index (κ2) is 10.0. The molecular formula is C27H26F3N5O4. The van der Waals surface area contributed by atoms with Crippen molar-refractivity contribution in [3.05, 3.63) is 64.6 Å². The third-order valence-electron chi connectivity index (χ3n) is 6.71. The van der Waals surface area contributed by atoms with Crippen LogP contribution in [0.1, 0.15) is 18.9 Å². The summed E-state index contributed by atoms with van der Waals surface area (Å²) in [6.45, 7) is 2.38. The Morgan fingerprint density at radius 3 is 2.46 bits per heavy atom.